The number of hydrogen-bond donors (Lipinski definition) is 1. The first-order valence-electron chi connectivity index (χ1n) is 8.03. The summed E-state index contributed by atoms with van der Waals surface area (Å²) in [7, 11) is 3.47. The van der Waals surface area contributed by atoms with Crippen molar-refractivity contribution in [3.8, 4) is 11.5 Å². The van der Waals surface area contributed by atoms with Gasteiger partial charge in [-0.05, 0) is 37.6 Å². The van der Waals surface area contributed by atoms with Crippen LogP contribution >= 0.6 is 0 Å². The molecule has 0 aromatic heterocycles. The van der Waals surface area contributed by atoms with Crippen molar-refractivity contribution in [1.82, 2.24) is 10.2 Å². The fourth-order valence-corrected chi connectivity index (χ4v) is 3.63. The Kier molecular flexibility index (Phi) is 4.66. The molecule has 0 radical (unpaired) electrons. The number of rotatable bonds is 3. The quantitative estimate of drug-likeness (QED) is 0.928. The zero-order valence-corrected chi connectivity index (χ0v) is 13.2. The lowest BCUT2D eigenvalue weighted by Gasteiger charge is -2.36. The molecule has 4 heteroatoms. The first-order chi connectivity index (χ1) is 10.3. The predicted octanol–water partition coefficient (Wildman–Crippen LogP) is 2.72. The van der Waals surface area contributed by atoms with Crippen LogP contribution in [0.15, 0.2) is 12.1 Å². The maximum Gasteiger partial charge on any atom is 0.127 e. The minimum absolute atomic E-state index is 0.424. The van der Waals surface area contributed by atoms with Crippen LogP contribution < -0.4 is 14.8 Å². The summed E-state index contributed by atoms with van der Waals surface area (Å²) in [6.45, 7) is 4.30. The highest BCUT2D eigenvalue weighted by atomic mass is 16.5. The molecule has 1 saturated heterocycles. The summed E-state index contributed by atoms with van der Waals surface area (Å²) in [6.07, 6.45) is 5.35. The Labute approximate surface area is 127 Å². The Bertz CT molecular complexity index is 465. The number of nitrogens with one attached hydrogen (secondary N) is 1. The third-order valence-electron chi connectivity index (χ3n) is 4.72. The van der Waals surface area contributed by atoms with Gasteiger partial charge in [0.05, 0.1) is 20.3 Å². The fourth-order valence-electron chi connectivity index (χ4n) is 3.63. The average molecular weight is 290 g/mol. The molecule has 2 aliphatic heterocycles. The second-order valence-corrected chi connectivity index (χ2v) is 6.00. The summed E-state index contributed by atoms with van der Waals surface area (Å²) in [5.74, 6) is 1.85. The van der Waals surface area contributed by atoms with Crippen molar-refractivity contribution >= 4 is 0 Å². The molecule has 1 N–H and O–H groups in total. The van der Waals surface area contributed by atoms with Gasteiger partial charge < -0.3 is 14.8 Å². The van der Waals surface area contributed by atoms with Gasteiger partial charge >= 0.3 is 0 Å². The number of methoxy groups -OCH3 is 2. The molecule has 116 valence electrons. The summed E-state index contributed by atoms with van der Waals surface area (Å²) < 4.78 is 11.1. The average Bonchev–Trinajstić information content (AvgIpc) is 2.82. The predicted molar refractivity (Wildman–Crippen MR) is 84.0 cm³/mol. The van der Waals surface area contributed by atoms with Gasteiger partial charge in [-0.1, -0.05) is 12.8 Å². The van der Waals surface area contributed by atoms with E-state index in [9.17, 15) is 0 Å². The lowest BCUT2D eigenvalue weighted by Crippen LogP contribution is -2.40. The summed E-state index contributed by atoms with van der Waals surface area (Å²) in [5, 5.41) is 3.56. The SMILES string of the molecule is COc1cc2c(c(OC)c1)[C@H](N1CCCCCC1)CNC2. The topological polar surface area (TPSA) is 33.7 Å². The van der Waals surface area contributed by atoms with Crippen molar-refractivity contribution in [3.05, 3.63) is 23.3 Å². The molecule has 1 atom stereocenters. The summed E-state index contributed by atoms with van der Waals surface area (Å²) in [5.41, 5.74) is 2.67. The molecule has 21 heavy (non-hydrogen) atoms. The van der Waals surface area contributed by atoms with Gasteiger partial charge in [0.1, 0.15) is 11.5 Å². The first-order valence-corrected chi connectivity index (χ1v) is 8.03. The van der Waals surface area contributed by atoms with E-state index in [-0.39, 0.29) is 0 Å². The normalized spacial score (nSPS) is 23.2. The molecule has 0 amide bonds. The van der Waals surface area contributed by atoms with E-state index in [0.29, 0.717) is 6.04 Å². The smallest absolute Gasteiger partial charge is 0.127 e. The first kappa shape index (κ1) is 14.7. The highest BCUT2D eigenvalue weighted by molar-refractivity contribution is 5.49. The second kappa shape index (κ2) is 6.67. The van der Waals surface area contributed by atoms with Gasteiger partial charge in [0, 0.05) is 24.7 Å². The zero-order chi connectivity index (χ0) is 14.7. The van der Waals surface area contributed by atoms with Crippen LogP contribution in [0.4, 0.5) is 0 Å². The minimum atomic E-state index is 0.424. The molecule has 0 saturated carbocycles. The van der Waals surface area contributed by atoms with Gasteiger partial charge in [0.2, 0.25) is 0 Å². The number of benzene rings is 1. The van der Waals surface area contributed by atoms with Crippen molar-refractivity contribution in [3.63, 3.8) is 0 Å². The Morgan fingerprint density at radius 1 is 1.05 bits per heavy atom. The summed E-state index contributed by atoms with van der Waals surface area (Å²) in [4.78, 5) is 2.63. The van der Waals surface area contributed by atoms with Crippen LogP contribution in [0.25, 0.3) is 0 Å². The highest BCUT2D eigenvalue weighted by Crippen LogP contribution is 2.38. The standard InChI is InChI=1S/C17H26N2O2/c1-20-14-9-13-11-18-12-15(17(13)16(10-14)21-2)19-7-5-3-4-6-8-19/h9-10,15,18H,3-8,11-12H2,1-2H3/t15-/m1/s1. The van der Waals surface area contributed by atoms with E-state index in [1.165, 1.54) is 49.9 Å². The van der Waals surface area contributed by atoms with E-state index >= 15 is 0 Å². The molecule has 0 unspecified atom stereocenters. The van der Waals surface area contributed by atoms with Gasteiger partial charge in [0.15, 0.2) is 0 Å². The van der Waals surface area contributed by atoms with E-state index < -0.39 is 0 Å². The second-order valence-electron chi connectivity index (χ2n) is 6.00. The van der Waals surface area contributed by atoms with Crippen LogP contribution in [0.1, 0.15) is 42.9 Å². The Morgan fingerprint density at radius 2 is 1.81 bits per heavy atom. The lowest BCUT2D eigenvalue weighted by atomic mass is 9.93. The van der Waals surface area contributed by atoms with Crippen LogP contribution in [-0.2, 0) is 6.54 Å². The molecule has 1 aromatic rings. The third-order valence-corrected chi connectivity index (χ3v) is 4.72. The summed E-state index contributed by atoms with van der Waals surface area (Å²) in [6, 6.07) is 4.59. The maximum absolute atomic E-state index is 5.67. The minimum Gasteiger partial charge on any atom is -0.497 e. The molecule has 2 aliphatic rings. The molecule has 3 rings (SSSR count). The number of hydrogen-bond acceptors (Lipinski definition) is 4. The van der Waals surface area contributed by atoms with Crippen molar-refractivity contribution in [1.29, 1.82) is 0 Å². The molecule has 0 spiro atoms. The number of nitrogens with zero attached hydrogens (tertiary/aromatic N) is 1. The number of likely N-dealkylation sites (tertiary alicyclic amines) is 1. The van der Waals surface area contributed by atoms with Crippen LogP contribution in [0.3, 0.4) is 0 Å². The Morgan fingerprint density at radius 3 is 2.48 bits per heavy atom. The van der Waals surface area contributed by atoms with Crippen LogP contribution in [0, 0.1) is 0 Å². The van der Waals surface area contributed by atoms with Crippen molar-refractivity contribution in [2.24, 2.45) is 0 Å². The molecule has 2 heterocycles. The van der Waals surface area contributed by atoms with Gasteiger partial charge in [-0.2, -0.15) is 0 Å². The number of ether oxygens (including phenoxy) is 2. The van der Waals surface area contributed by atoms with E-state index in [2.05, 4.69) is 16.3 Å². The van der Waals surface area contributed by atoms with Gasteiger partial charge in [0.25, 0.3) is 0 Å². The van der Waals surface area contributed by atoms with Gasteiger partial charge in [-0.3, -0.25) is 4.90 Å². The zero-order valence-electron chi connectivity index (χ0n) is 13.2. The Balaban J connectivity index is 1.95. The fraction of sp³-hybridized carbons (Fsp3) is 0.647. The Hall–Kier alpha value is -1.26. The van der Waals surface area contributed by atoms with Crippen molar-refractivity contribution < 1.29 is 9.47 Å². The molecular weight excluding hydrogens is 264 g/mol. The summed E-state index contributed by atoms with van der Waals surface area (Å²) >= 11 is 0. The molecule has 1 fully saturated rings. The molecule has 0 bridgehead atoms. The number of fused-ring (bicyclic) bond motifs is 1. The maximum atomic E-state index is 5.67. The van der Waals surface area contributed by atoms with Gasteiger partial charge in [-0.15, -0.1) is 0 Å². The highest BCUT2D eigenvalue weighted by Gasteiger charge is 2.29. The van der Waals surface area contributed by atoms with Crippen molar-refractivity contribution in [2.75, 3.05) is 33.9 Å². The van der Waals surface area contributed by atoms with Crippen molar-refractivity contribution in [2.45, 2.75) is 38.3 Å². The van der Waals surface area contributed by atoms with E-state index in [4.69, 9.17) is 9.47 Å². The van der Waals surface area contributed by atoms with Gasteiger partial charge in [-0.25, -0.2) is 0 Å². The third kappa shape index (κ3) is 3.01. The van der Waals surface area contributed by atoms with Crippen LogP contribution in [-0.4, -0.2) is 38.8 Å². The van der Waals surface area contributed by atoms with Crippen LogP contribution in [0.2, 0.25) is 0 Å². The van der Waals surface area contributed by atoms with Crippen LogP contribution in [0.5, 0.6) is 11.5 Å². The monoisotopic (exact) mass is 290 g/mol. The van der Waals surface area contributed by atoms with E-state index in [1.54, 1.807) is 14.2 Å². The molecular formula is C17H26N2O2. The molecule has 4 nitrogen and oxygen atoms in total. The molecule has 1 aromatic carbocycles. The van der Waals surface area contributed by atoms with E-state index in [1.807, 2.05) is 6.07 Å². The van der Waals surface area contributed by atoms with E-state index in [0.717, 1.165) is 24.6 Å². The molecule has 0 aliphatic carbocycles. The largest absolute Gasteiger partial charge is 0.497 e. The lowest BCUT2D eigenvalue weighted by molar-refractivity contribution is 0.187.